The molecule has 0 bridgehead atoms. The molecule has 0 fully saturated rings. The number of benzene rings is 2. The van der Waals surface area contributed by atoms with E-state index in [9.17, 15) is 9.59 Å². The molecule has 0 aliphatic heterocycles. The van der Waals surface area contributed by atoms with Crippen molar-refractivity contribution < 1.29 is 9.53 Å². The van der Waals surface area contributed by atoms with Gasteiger partial charge in [-0.25, -0.2) is 9.78 Å². The number of nitrogens with one attached hydrogen (secondary N) is 1. The van der Waals surface area contributed by atoms with Crippen LogP contribution in [0.3, 0.4) is 0 Å². The van der Waals surface area contributed by atoms with Crippen LogP contribution in [-0.2, 0) is 31.5 Å². The van der Waals surface area contributed by atoms with E-state index in [1.165, 1.54) is 4.57 Å². The van der Waals surface area contributed by atoms with E-state index in [0.29, 0.717) is 24.6 Å². The van der Waals surface area contributed by atoms with Crippen LogP contribution in [-0.4, -0.2) is 24.6 Å². The Hall–Kier alpha value is -3.81. The molecule has 1 amide bonds. The Kier molecular flexibility index (Phi) is 5.38. The molecule has 1 N–H and O–H groups in total. The Morgan fingerprint density at radius 1 is 1.07 bits per heavy atom. The van der Waals surface area contributed by atoms with Gasteiger partial charge in [0.05, 0.1) is 11.0 Å². The molecule has 2 aromatic carbocycles. The highest BCUT2D eigenvalue weighted by Crippen LogP contribution is 2.17. The molecule has 8 heteroatoms. The molecule has 0 aliphatic carbocycles. The van der Waals surface area contributed by atoms with Crippen molar-refractivity contribution in [3.8, 4) is 5.75 Å². The lowest BCUT2D eigenvalue weighted by molar-refractivity contribution is -0.116. The van der Waals surface area contributed by atoms with Crippen LogP contribution in [0.1, 0.15) is 12.7 Å². The summed E-state index contributed by atoms with van der Waals surface area (Å²) < 4.78 is 10.8. The van der Waals surface area contributed by atoms with Crippen molar-refractivity contribution in [2.24, 2.45) is 7.05 Å². The molecule has 4 rings (SSSR count). The molecule has 0 saturated heterocycles. The fourth-order valence-corrected chi connectivity index (χ4v) is 3.39. The largest absolute Gasteiger partial charge is 0.486 e. The highest BCUT2D eigenvalue weighted by molar-refractivity contribution is 5.91. The van der Waals surface area contributed by atoms with Crippen LogP contribution in [0.4, 0.5) is 5.69 Å². The maximum atomic E-state index is 12.7. The minimum atomic E-state index is -0.266. The van der Waals surface area contributed by atoms with Crippen molar-refractivity contribution in [3.05, 3.63) is 77.2 Å². The zero-order valence-corrected chi connectivity index (χ0v) is 16.9. The van der Waals surface area contributed by atoms with Crippen LogP contribution < -0.4 is 15.7 Å². The van der Waals surface area contributed by atoms with Crippen molar-refractivity contribution in [3.63, 3.8) is 0 Å². The summed E-state index contributed by atoms with van der Waals surface area (Å²) in [6, 6.07) is 14.6. The van der Waals surface area contributed by atoms with Gasteiger partial charge in [0.2, 0.25) is 5.91 Å². The fourth-order valence-electron chi connectivity index (χ4n) is 3.39. The van der Waals surface area contributed by atoms with Gasteiger partial charge in [-0.1, -0.05) is 12.1 Å². The third-order valence-corrected chi connectivity index (χ3v) is 4.97. The summed E-state index contributed by atoms with van der Waals surface area (Å²) in [6.07, 6.45) is 3.58. The van der Waals surface area contributed by atoms with Gasteiger partial charge in [-0.3, -0.25) is 13.9 Å². The Balaban J connectivity index is 1.42. The summed E-state index contributed by atoms with van der Waals surface area (Å²) in [5, 5.41) is 2.84. The number of carbonyl (C=O) groups excluding carboxylic acids is 1. The van der Waals surface area contributed by atoms with E-state index in [2.05, 4.69) is 10.3 Å². The van der Waals surface area contributed by atoms with Crippen molar-refractivity contribution in [2.75, 3.05) is 5.32 Å². The van der Waals surface area contributed by atoms with E-state index < -0.39 is 0 Å². The van der Waals surface area contributed by atoms with Crippen LogP contribution >= 0.6 is 0 Å². The molecule has 0 spiro atoms. The molecule has 0 aliphatic rings. The van der Waals surface area contributed by atoms with Crippen molar-refractivity contribution in [1.29, 1.82) is 0 Å². The molecule has 2 heterocycles. The quantitative estimate of drug-likeness (QED) is 0.513. The van der Waals surface area contributed by atoms with Gasteiger partial charge in [0, 0.05) is 31.7 Å². The van der Waals surface area contributed by atoms with Crippen LogP contribution in [0.15, 0.2) is 65.7 Å². The van der Waals surface area contributed by atoms with E-state index in [4.69, 9.17) is 4.74 Å². The second kappa shape index (κ2) is 8.28. The average Bonchev–Trinajstić information content (AvgIpc) is 3.28. The van der Waals surface area contributed by atoms with Gasteiger partial charge in [0.25, 0.3) is 0 Å². The molecule has 154 valence electrons. The number of hydrogen-bond donors (Lipinski definition) is 1. The third kappa shape index (κ3) is 3.84. The number of aryl methyl sites for hydroxylation is 2. The first-order valence-electron chi connectivity index (χ1n) is 9.74. The van der Waals surface area contributed by atoms with Gasteiger partial charge in [-0.15, -0.1) is 0 Å². The number of aromatic nitrogens is 4. The number of rotatable bonds is 7. The van der Waals surface area contributed by atoms with Gasteiger partial charge in [0.15, 0.2) is 0 Å². The molecular weight excluding hydrogens is 382 g/mol. The maximum absolute atomic E-state index is 12.7. The molecule has 30 heavy (non-hydrogen) atoms. The van der Waals surface area contributed by atoms with E-state index in [-0.39, 0.29) is 18.1 Å². The Morgan fingerprint density at radius 2 is 1.77 bits per heavy atom. The van der Waals surface area contributed by atoms with Crippen molar-refractivity contribution in [1.82, 2.24) is 18.7 Å². The lowest BCUT2D eigenvalue weighted by atomic mass is 10.3. The third-order valence-electron chi connectivity index (χ3n) is 4.97. The molecule has 2 aromatic heterocycles. The lowest BCUT2D eigenvalue weighted by Gasteiger charge is -2.09. The predicted octanol–water partition coefficient (Wildman–Crippen LogP) is 2.77. The highest BCUT2D eigenvalue weighted by atomic mass is 16.5. The molecule has 8 nitrogen and oxygen atoms in total. The fraction of sp³-hybridized carbons (Fsp3) is 0.227. The Bertz CT molecular complexity index is 1230. The van der Waals surface area contributed by atoms with Gasteiger partial charge in [-0.2, -0.15) is 0 Å². The topological polar surface area (TPSA) is 83.1 Å². The SMILES string of the molecule is CCn1c(=O)n(CC(=O)Nc2ccc(OCc3nccn3C)cc2)c2ccccc21. The summed E-state index contributed by atoms with van der Waals surface area (Å²) in [6.45, 7) is 2.77. The zero-order chi connectivity index (χ0) is 21.1. The maximum Gasteiger partial charge on any atom is 0.329 e. The number of imidazole rings is 2. The van der Waals surface area contributed by atoms with E-state index in [1.54, 1.807) is 35.0 Å². The van der Waals surface area contributed by atoms with E-state index >= 15 is 0 Å². The Morgan fingerprint density at radius 3 is 2.40 bits per heavy atom. The summed E-state index contributed by atoms with van der Waals surface area (Å²) >= 11 is 0. The predicted molar refractivity (Wildman–Crippen MR) is 114 cm³/mol. The van der Waals surface area contributed by atoms with Gasteiger partial charge < -0.3 is 14.6 Å². The zero-order valence-electron chi connectivity index (χ0n) is 16.9. The summed E-state index contributed by atoms with van der Waals surface area (Å²) in [5.74, 6) is 1.24. The average molecular weight is 405 g/mol. The number of amides is 1. The van der Waals surface area contributed by atoms with Crippen LogP contribution in [0, 0.1) is 0 Å². The summed E-state index contributed by atoms with van der Waals surface area (Å²) in [4.78, 5) is 29.4. The number of anilines is 1. The normalized spacial score (nSPS) is 11.0. The minimum absolute atomic E-state index is 0.0518. The van der Waals surface area contributed by atoms with Crippen LogP contribution in [0.25, 0.3) is 11.0 Å². The monoisotopic (exact) mass is 405 g/mol. The van der Waals surface area contributed by atoms with Gasteiger partial charge >= 0.3 is 5.69 Å². The number of ether oxygens (including phenoxy) is 1. The molecule has 0 saturated carbocycles. The Labute approximate surface area is 173 Å². The van der Waals surface area contributed by atoms with E-state index in [0.717, 1.165) is 16.9 Å². The van der Waals surface area contributed by atoms with Gasteiger partial charge in [0.1, 0.15) is 24.7 Å². The second-order valence-electron chi connectivity index (χ2n) is 6.92. The van der Waals surface area contributed by atoms with E-state index in [1.807, 2.05) is 49.0 Å². The number of fused-ring (bicyclic) bond motifs is 1. The van der Waals surface area contributed by atoms with Crippen molar-refractivity contribution >= 4 is 22.6 Å². The van der Waals surface area contributed by atoms with Crippen molar-refractivity contribution in [2.45, 2.75) is 26.6 Å². The second-order valence-corrected chi connectivity index (χ2v) is 6.92. The minimum Gasteiger partial charge on any atom is -0.486 e. The van der Waals surface area contributed by atoms with Crippen LogP contribution in [0.5, 0.6) is 5.75 Å². The summed E-state index contributed by atoms with van der Waals surface area (Å²) in [7, 11) is 1.91. The smallest absolute Gasteiger partial charge is 0.329 e. The highest BCUT2D eigenvalue weighted by Gasteiger charge is 2.14. The molecule has 4 aromatic rings. The molecule has 0 radical (unpaired) electrons. The first-order chi connectivity index (χ1) is 14.6. The number of para-hydroxylation sites is 2. The number of carbonyl (C=O) groups is 1. The number of nitrogens with zero attached hydrogens (tertiary/aromatic N) is 4. The van der Waals surface area contributed by atoms with Crippen LogP contribution in [0.2, 0.25) is 0 Å². The standard InChI is InChI=1S/C22H23N5O3/c1-3-26-18-6-4-5-7-19(18)27(22(26)29)14-21(28)24-16-8-10-17(11-9-16)30-15-20-23-12-13-25(20)2/h4-13H,3,14-15H2,1-2H3,(H,24,28). The first kappa shape index (κ1) is 19.5. The molecule has 0 unspecified atom stereocenters. The molecule has 0 atom stereocenters. The first-order valence-corrected chi connectivity index (χ1v) is 9.74. The lowest BCUT2D eigenvalue weighted by Crippen LogP contribution is -2.29. The molecular formula is C22H23N5O3. The summed E-state index contributed by atoms with van der Waals surface area (Å²) in [5.41, 5.74) is 2.02. The van der Waals surface area contributed by atoms with Gasteiger partial charge in [-0.05, 0) is 43.3 Å². The number of hydrogen-bond acceptors (Lipinski definition) is 4.